The zero-order valence-electron chi connectivity index (χ0n) is 20.4. The lowest BCUT2D eigenvalue weighted by Gasteiger charge is -2.53. The van der Waals surface area contributed by atoms with Crippen molar-refractivity contribution in [3.05, 3.63) is 95.6 Å². The minimum Gasteiger partial charge on any atom is -0.364 e. The Kier molecular flexibility index (Phi) is 5.60. The number of halogens is 3. The minimum absolute atomic E-state index is 0.184. The van der Waals surface area contributed by atoms with Gasteiger partial charge in [-0.05, 0) is 54.8 Å². The van der Waals surface area contributed by atoms with E-state index in [4.69, 9.17) is 5.10 Å². The van der Waals surface area contributed by atoms with Gasteiger partial charge >= 0.3 is 6.18 Å². The standard InChI is InChI=1S/C29H27F3N4O/c1-20-28(27(37)36(33-20)24-10-6-3-7-11-24)17-22-16-23(29(30,31)32)12-13-25(22)35-15-14-34(19-26(28)35)18-21-8-4-2-5-9-21/h2-13,16,26H,14-15,17-19H2,1H3/t26-,28-/m0/s1. The maximum Gasteiger partial charge on any atom is 0.416 e. The first-order valence-electron chi connectivity index (χ1n) is 12.5. The highest BCUT2D eigenvalue weighted by Crippen LogP contribution is 2.49. The molecular formula is C29H27F3N4O. The first-order chi connectivity index (χ1) is 17.8. The number of hydrogen-bond donors (Lipinski definition) is 0. The van der Waals surface area contributed by atoms with Crippen LogP contribution in [0.5, 0.6) is 0 Å². The molecule has 3 heterocycles. The van der Waals surface area contributed by atoms with E-state index in [1.54, 1.807) is 6.07 Å². The summed E-state index contributed by atoms with van der Waals surface area (Å²) in [5, 5.41) is 6.13. The number of amides is 1. The molecule has 1 amide bonds. The van der Waals surface area contributed by atoms with Crippen molar-refractivity contribution in [1.29, 1.82) is 0 Å². The van der Waals surface area contributed by atoms with E-state index < -0.39 is 17.2 Å². The van der Waals surface area contributed by atoms with Gasteiger partial charge in [-0.2, -0.15) is 23.3 Å². The van der Waals surface area contributed by atoms with Gasteiger partial charge < -0.3 is 4.90 Å². The Morgan fingerprint density at radius 3 is 2.38 bits per heavy atom. The molecule has 8 heteroatoms. The number of carbonyl (C=O) groups is 1. The number of hydrogen-bond acceptors (Lipinski definition) is 4. The maximum absolute atomic E-state index is 14.2. The molecule has 0 N–H and O–H groups in total. The monoisotopic (exact) mass is 504 g/mol. The van der Waals surface area contributed by atoms with Crippen molar-refractivity contribution in [3.8, 4) is 0 Å². The number of rotatable bonds is 3. The Morgan fingerprint density at radius 1 is 0.973 bits per heavy atom. The van der Waals surface area contributed by atoms with Crippen LogP contribution in [0, 0.1) is 5.41 Å². The van der Waals surface area contributed by atoms with Gasteiger partial charge in [0.15, 0.2) is 0 Å². The van der Waals surface area contributed by atoms with E-state index in [1.807, 2.05) is 55.5 Å². The Labute approximate surface area is 213 Å². The third kappa shape index (κ3) is 3.91. The summed E-state index contributed by atoms with van der Waals surface area (Å²) in [6.07, 6.45) is -4.27. The van der Waals surface area contributed by atoms with Crippen LogP contribution in [0.3, 0.4) is 0 Å². The molecule has 0 saturated carbocycles. The lowest BCUT2D eigenvalue weighted by molar-refractivity contribution is -0.137. The summed E-state index contributed by atoms with van der Waals surface area (Å²) in [7, 11) is 0. The van der Waals surface area contributed by atoms with Gasteiger partial charge in [-0.3, -0.25) is 9.69 Å². The Morgan fingerprint density at radius 2 is 1.68 bits per heavy atom. The summed E-state index contributed by atoms with van der Waals surface area (Å²) in [6.45, 7) is 4.55. The molecule has 37 heavy (non-hydrogen) atoms. The number of alkyl halides is 3. The van der Waals surface area contributed by atoms with Gasteiger partial charge in [0.2, 0.25) is 0 Å². The number of anilines is 2. The molecule has 1 spiro atoms. The van der Waals surface area contributed by atoms with E-state index >= 15 is 0 Å². The third-order valence-corrected chi connectivity index (χ3v) is 7.94. The van der Waals surface area contributed by atoms with Crippen LogP contribution >= 0.6 is 0 Å². The second-order valence-electron chi connectivity index (χ2n) is 10.1. The van der Waals surface area contributed by atoms with Gasteiger partial charge in [0.1, 0.15) is 5.41 Å². The van der Waals surface area contributed by atoms with Crippen LogP contribution < -0.4 is 9.91 Å². The summed E-state index contributed by atoms with van der Waals surface area (Å²) in [5.74, 6) is -0.184. The number of para-hydroxylation sites is 1. The van der Waals surface area contributed by atoms with Crippen LogP contribution in [-0.4, -0.2) is 42.2 Å². The van der Waals surface area contributed by atoms with Crippen molar-refractivity contribution < 1.29 is 18.0 Å². The summed E-state index contributed by atoms with van der Waals surface area (Å²) >= 11 is 0. The first kappa shape index (κ1) is 23.7. The van der Waals surface area contributed by atoms with Crippen LogP contribution in [0.4, 0.5) is 24.5 Å². The molecule has 5 nitrogen and oxygen atoms in total. The highest BCUT2D eigenvalue weighted by Gasteiger charge is 2.60. The van der Waals surface area contributed by atoms with Crippen LogP contribution in [-0.2, 0) is 23.9 Å². The number of carbonyl (C=O) groups excluding carboxylic acids is 1. The lowest BCUT2D eigenvalue weighted by Crippen LogP contribution is -2.66. The Bertz CT molecular complexity index is 1360. The quantitative estimate of drug-likeness (QED) is 0.482. The van der Waals surface area contributed by atoms with Gasteiger partial charge in [-0.1, -0.05) is 48.5 Å². The van der Waals surface area contributed by atoms with E-state index in [-0.39, 0.29) is 18.4 Å². The molecule has 3 aromatic rings. The second kappa shape index (κ2) is 8.73. The van der Waals surface area contributed by atoms with Gasteiger partial charge in [-0.25, -0.2) is 0 Å². The molecule has 0 radical (unpaired) electrons. The molecule has 3 aliphatic rings. The van der Waals surface area contributed by atoms with Crippen LogP contribution in [0.2, 0.25) is 0 Å². The molecule has 1 saturated heterocycles. The zero-order chi connectivity index (χ0) is 25.8. The molecule has 0 bridgehead atoms. The highest BCUT2D eigenvalue weighted by molar-refractivity contribution is 6.20. The van der Waals surface area contributed by atoms with E-state index in [9.17, 15) is 18.0 Å². The molecular weight excluding hydrogens is 477 g/mol. The minimum atomic E-state index is -4.45. The maximum atomic E-state index is 14.2. The highest BCUT2D eigenvalue weighted by atomic mass is 19.4. The third-order valence-electron chi connectivity index (χ3n) is 7.94. The molecule has 0 unspecified atom stereocenters. The molecule has 190 valence electrons. The molecule has 0 aliphatic carbocycles. The smallest absolute Gasteiger partial charge is 0.364 e. The van der Waals surface area contributed by atoms with Crippen molar-refractivity contribution in [1.82, 2.24) is 4.90 Å². The van der Waals surface area contributed by atoms with Gasteiger partial charge in [0, 0.05) is 31.9 Å². The van der Waals surface area contributed by atoms with E-state index in [0.29, 0.717) is 30.1 Å². The topological polar surface area (TPSA) is 39.2 Å². The number of hydrazone groups is 1. The number of benzene rings is 3. The Hall–Kier alpha value is -3.65. The van der Waals surface area contributed by atoms with Crippen molar-refractivity contribution in [2.75, 3.05) is 29.5 Å². The molecule has 3 aliphatic heterocycles. The largest absolute Gasteiger partial charge is 0.416 e. The fourth-order valence-electron chi connectivity index (χ4n) is 6.10. The first-order valence-corrected chi connectivity index (χ1v) is 12.5. The number of piperazine rings is 1. The predicted molar refractivity (Wildman–Crippen MR) is 137 cm³/mol. The number of fused-ring (bicyclic) bond motifs is 4. The zero-order valence-corrected chi connectivity index (χ0v) is 20.4. The van der Waals surface area contributed by atoms with Crippen molar-refractivity contribution in [3.63, 3.8) is 0 Å². The van der Waals surface area contributed by atoms with Crippen LogP contribution in [0.15, 0.2) is 84.0 Å². The molecule has 6 rings (SSSR count). The predicted octanol–water partition coefficient (Wildman–Crippen LogP) is 5.36. The van der Waals surface area contributed by atoms with Crippen molar-refractivity contribution >= 4 is 23.0 Å². The van der Waals surface area contributed by atoms with E-state index in [2.05, 4.69) is 21.9 Å². The number of nitrogens with zero attached hydrogens (tertiary/aromatic N) is 4. The molecule has 3 aromatic carbocycles. The summed E-state index contributed by atoms with van der Waals surface area (Å²) in [4.78, 5) is 18.7. The normalized spacial score (nSPS) is 23.7. The average molecular weight is 505 g/mol. The van der Waals surface area contributed by atoms with E-state index in [1.165, 1.54) is 16.6 Å². The van der Waals surface area contributed by atoms with Gasteiger partial charge in [0.05, 0.1) is 23.0 Å². The van der Waals surface area contributed by atoms with Crippen LogP contribution in [0.1, 0.15) is 23.6 Å². The fraction of sp³-hybridized carbons (Fsp3) is 0.310. The molecule has 1 fully saturated rings. The van der Waals surface area contributed by atoms with Crippen molar-refractivity contribution in [2.24, 2.45) is 10.5 Å². The fourth-order valence-corrected chi connectivity index (χ4v) is 6.10. The Balaban J connectivity index is 1.43. The van der Waals surface area contributed by atoms with Crippen molar-refractivity contribution in [2.45, 2.75) is 32.1 Å². The van der Waals surface area contributed by atoms with Gasteiger partial charge in [-0.15, -0.1) is 0 Å². The van der Waals surface area contributed by atoms with E-state index in [0.717, 1.165) is 24.8 Å². The molecule has 2 atom stereocenters. The summed E-state index contributed by atoms with van der Waals surface area (Å²) in [6, 6.07) is 23.1. The van der Waals surface area contributed by atoms with Crippen LogP contribution in [0.25, 0.3) is 0 Å². The second-order valence-corrected chi connectivity index (χ2v) is 10.1. The average Bonchev–Trinajstić information content (AvgIpc) is 3.14. The summed E-state index contributed by atoms with van der Waals surface area (Å²) in [5.41, 5.74) is 2.06. The summed E-state index contributed by atoms with van der Waals surface area (Å²) < 4.78 is 40.9. The van der Waals surface area contributed by atoms with Gasteiger partial charge in [0.25, 0.3) is 5.91 Å². The lowest BCUT2D eigenvalue weighted by atomic mass is 9.67. The molecule has 0 aromatic heterocycles. The SMILES string of the molecule is CC1=NN(c2ccccc2)C(=O)[C@@]12Cc1cc(C(F)(F)F)ccc1N1CCN(Cc3ccccc3)C[C@H]12.